The molecule has 3 rings (SSSR count). The molecule has 1 aliphatic heterocycles. The van der Waals surface area contributed by atoms with Crippen LogP contribution >= 0.6 is 24.0 Å². The predicted octanol–water partition coefficient (Wildman–Crippen LogP) is 3.45. The molecule has 1 N–H and O–H groups in total. The first kappa shape index (κ1) is 26.2. The van der Waals surface area contributed by atoms with E-state index in [1.807, 2.05) is 31.3 Å². The van der Waals surface area contributed by atoms with Crippen molar-refractivity contribution in [2.24, 2.45) is 4.99 Å². The summed E-state index contributed by atoms with van der Waals surface area (Å²) in [6.45, 7) is 11.1. The monoisotopic (exact) mass is 552 g/mol. The molecule has 0 aliphatic carbocycles. The van der Waals surface area contributed by atoms with Crippen molar-refractivity contribution in [3.8, 4) is 5.75 Å². The van der Waals surface area contributed by atoms with Crippen molar-refractivity contribution < 1.29 is 4.74 Å². The van der Waals surface area contributed by atoms with Gasteiger partial charge in [-0.15, -0.1) is 24.0 Å². The Balaban J connectivity index is 0.00000363. The Labute approximate surface area is 209 Å². The number of halogens is 1. The molecule has 0 radical (unpaired) electrons. The molecule has 0 atom stereocenters. The number of hydrogen-bond acceptors (Lipinski definition) is 5. The third-order valence-corrected chi connectivity index (χ3v) is 5.42. The molecule has 0 saturated carbocycles. The lowest BCUT2D eigenvalue weighted by molar-refractivity contribution is 0.312. The number of aliphatic imine (C=N–C) groups is 1. The van der Waals surface area contributed by atoms with E-state index in [4.69, 9.17) is 9.73 Å². The first-order chi connectivity index (χ1) is 15.1. The van der Waals surface area contributed by atoms with Crippen LogP contribution in [0.25, 0.3) is 0 Å². The van der Waals surface area contributed by atoms with Crippen LogP contribution in [0.15, 0.2) is 47.6 Å². The second-order valence-electron chi connectivity index (χ2n) is 7.88. The molecule has 0 spiro atoms. The third kappa shape index (κ3) is 7.51. The SMILES string of the molecule is CCNC(=NCc1cccnc1N1CCN(C)CC1)N(C)Cc1ccc(OCC)cc1.I. The van der Waals surface area contributed by atoms with Gasteiger partial charge in [0.2, 0.25) is 0 Å². The molecule has 2 aromatic rings. The van der Waals surface area contributed by atoms with Gasteiger partial charge in [-0.3, -0.25) is 0 Å². The van der Waals surface area contributed by atoms with Crippen molar-refractivity contribution in [1.82, 2.24) is 20.1 Å². The maximum Gasteiger partial charge on any atom is 0.194 e. The third-order valence-electron chi connectivity index (χ3n) is 5.42. The molecule has 1 aromatic carbocycles. The van der Waals surface area contributed by atoms with Crippen molar-refractivity contribution in [2.45, 2.75) is 26.9 Å². The van der Waals surface area contributed by atoms with Gasteiger partial charge >= 0.3 is 0 Å². The number of aromatic nitrogens is 1. The number of piperazine rings is 1. The van der Waals surface area contributed by atoms with Gasteiger partial charge < -0.3 is 24.8 Å². The Morgan fingerprint density at radius 2 is 1.84 bits per heavy atom. The highest BCUT2D eigenvalue weighted by molar-refractivity contribution is 14.0. The number of likely N-dealkylation sites (N-methyl/N-ethyl adjacent to an activating group) is 1. The van der Waals surface area contributed by atoms with Crippen molar-refractivity contribution in [1.29, 1.82) is 0 Å². The average Bonchev–Trinajstić information content (AvgIpc) is 2.79. The summed E-state index contributed by atoms with van der Waals surface area (Å²) >= 11 is 0. The highest BCUT2D eigenvalue weighted by Gasteiger charge is 2.18. The normalized spacial score (nSPS) is 14.6. The zero-order valence-electron chi connectivity index (χ0n) is 19.8. The van der Waals surface area contributed by atoms with Crippen molar-refractivity contribution in [2.75, 3.05) is 58.3 Å². The van der Waals surface area contributed by atoms with E-state index >= 15 is 0 Å². The summed E-state index contributed by atoms with van der Waals surface area (Å²) in [5.41, 5.74) is 2.38. The van der Waals surface area contributed by atoms with Crippen LogP contribution in [0.5, 0.6) is 5.75 Å². The summed E-state index contributed by atoms with van der Waals surface area (Å²) in [6.07, 6.45) is 1.88. The predicted molar refractivity (Wildman–Crippen MR) is 143 cm³/mol. The molecule has 32 heavy (non-hydrogen) atoms. The molecule has 0 bridgehead atoms. The second-order valence-corrected chi connectivity index (χ2v) is 7.88. The number of nitrogens with one attached hydrogen (secondary N) is 1. The molecule has 1 saturated heterocycles. The minimum atomic E-state index is 0. The molecule has 1 aliphatic rings. The first-order valence-corrected chi connectivity index (χ1v) is 11.2. The number of rotatable bonds is 8. The molecule has 2 heterocycles. The van der Waals surface area contributed by atoms with Crippen LogP contribution in [0.3, 0.4) is 0 Å². The molecular weight excluding hydrogens is 515 g/mol. The lowest BCUT2D eigenvalue weighted by atomic mass is 10.2. The van der Waals surface area contributed by atoms with E-state index in [-0.39, 0.29) is 24.0 Å². The van der Waals surface area contributed by atoms with E-state index in [1.54, 1.807) is 0 Å². The molecule has 1 fully saturated rings. The van der Waals surface area contributed by atoms with Gasteiger partial charge in [-0.2, -0.15) is 0 Å². The summed E-state index contributed by atoms with van der Waals surface area (Å²) in [6, 6.07) is 12.4. The largest absolute Gasteiger partial charge is 0.494 e. The van der Waals surface area contributed by atoms with Crippen molar-refractivity contribution in [3.05, 3.63) is 53.7 Å². The maximum absolute atomic E-state index is 5.54. The lowest BCUT2D eigenvalue weighted by Crippen LogP contribution is -2.45. The van der Waals surface area contributed by atoms with Gasteiger partial charge in [0.15, 0.2) is 5.96 Å². The molecule has 0 amide bonds. The van der Waals surface area contributed by atoms with Gasteiger partial charge in [-0.25, -0.2) is 9.98 Å². The first-order valence-electron chi connectivity index (χ1n) is 11.2. The number of nitrogens with zero attached hydrogens (tertiary/aromatic N) is 5. The zero-order valence-corrected chi connectivity index (χ0v) is 22.1. The van der Waals surface area contributed by atoms with E-state index < -0.39 is 0 Å². The fourth-order valence-electron chi connectivity index (χ4n) is 3.69. The second kappa shape index (κ2) is 13.5. The summed E-state index contributed by atoms with van der Waals surface area (Å²) in [5.74, 6) is 2.86. The Kier molecular flexibility index (Phi) is 11.0. The fraction of sp³-hybridized carbons (Fsp3) is 0.500. The van der Waals surface area contributed by atoms with Gasteiger partial charge in [-0.1, -0.05) is 18.2 Å². The highest BCUT2D eigenvalue weighted by atomic mass is 127. The van der Waals surface area contributed by atoms with Crippen LogP contribution < -0.4 is 15.0 Å². The molecule has 1 aromatic heterocycles. The number of guanidine groups is 1. The van der Waals surface area contributed by atoms with E-state index in [0.29, 0.717) is 13.2 Å². The molecular formula is C24H37IN6O. The fourth-order valence-corrected chi connectivity index (χ4v) is 3.69. The maximum atomic E-state index is 5.54. The minimum absolute atomic E-state index is 0. The Hall–Kier alpha value is -2.07. The smallest absolute Gasteiger partial charge is 0.194 e. The summed E-state index contributed by atoms with van der Waals surface area (Å²) in [4.78, 5) is 16.5. The molecule has 176 valence electrons. The molecule has 7 nitrogen and oxygen atoms in total. The van der Waals surface area contributed by atoms with Crippen molar-refractivity contribution in [3.63, 3.8) is 0 Å². The summed E-state index contributed by atoms with van der Waals surface area (Å²) < 4.78 is 5.54. The average molecular weight is 553 g/mol. The van der Waals surface area contributed by atoms with Gasteiger partial charge in [-0.05, 0) is 44.7 Å². The quantitative estimate of drug-likeness (QED) is 0.308. The molecule has 8 heteroatoms. The standard InChI is InChI=1S/C24H36N6O.HI/c1-5-25-24(29(4)19-20-9-11-22(12-10-20)31-6-2)27-18-21-8-7-13-26-23(21)30-16-14-28(3)15-17-30;/h7-13H,5-6,14-19H2,1-4H3,(H,25,27);1H. The van der Waals surface area contributed by atoms with Crippen LogP contribution in [0, 0.1) is 0 Å². The number of benzene rings is 1. The van der Waals surface area contributed by atoms with Gasteiger partial charge in [0.05, 0.1) is 13.2 Å². The number of hydrogen-bond donors (Lipinski definition) is 1. The Morgan fingerprint density at radius 3 is 2.50 bits per heavy atom. The van der Waals surface area contributed by atoms with Gasteiger partial charge in [0.25, 0.3) is 0 Å². The van der Waals surface area contributed by atoms with Crippen LogP contribution in [0.2, 0.25) is 0 Å². The molecule has 0 unspecified atom stereocenters. The van der Waals surface area contributed by atoms with E-state index in [9.17, 15) is 0 Å². The topological polar surface area (TPSA) is 56.2 Å². The van der Waals surface area contributed by atoms with E-state index in [1.165, 1.54) is 5.56 Å². The zero-order chi connectivity index (χ0) is 22.1. The van der Waals surface area contributed by atoms with Crippen LogP contribution in [-0.2, 0) is 13.1 Å². The van der Waals surface area contributed by atoms with Crippen LogP contribution in [0.1, 0.15) is 25.0 Å². The minimum Gasteiger partial charge on any atom is -0.494 e. The van der Waals surface area contributed by atoms with Crippen molar-refractivity contribution >= 4 is 35.8 Å². The van der Waals surface area contributed by atoms with Crippen LogP contribution in [-0.4, -0.2) is 74.2 Å². The summed E-state index contributed by atoms with van der Waals surface area (Å²) in [5, 5.41) is 3.42. The lowest BCUT2D eigenvalue weighted by Gasteiger charge is -2.34. The van der Waals surface area contributed by atoms with Crippen LogP contribution in [0.4, 0.5) is 5.82 Å². The Bertz CT molecular complexity index is 837. The van der Waals surface area contributed by atoms with Gasteiger partial charge in [0.1, 0.15) is 11.6 Å². The number of anilines is 1. The van der Waals surface area contributed by atoms with E-state index in [2.05, 4.69) is 64.2 Å². The van der Waals surface area contributed by atoms with Gasteiger partial charge in [0, 0.05) is 58.1 Å². The number of pyridine rings is 1. The summed E-state index contributed by atoms with van der Waals surface area (Å²) in [7, 11) is 4.24. The Morgan fingerprint density at radius 1 is 1.12 bits per heavy atom. The highest BCUT2D eigenvalue weighted by Crippen LogP contribution is 2.20. The van der Waals surface area contributed by atoms with E-state index in [0.717, 1.165) is 62.4 Å². The number of ether oxygens (including phenoxy) is 1.